The molecule has 8 heteroatoms. The van der Waals surface area contributed by atoms with E-state index in [1.165, 1.54) is 0 Å². The summed E-state index contributed by atoms with van der Waals surface area (Å²) in [6.07, 6.45) is -6.33. The van der Waals surface area contributed by atoms with Crippen LogP contribution in [-0.2, 0) is 4.74 Å². The molecule has 2 aromatic carbocycles. The van der Waals surface area contributed by atoms with Crippen molar-refractivity contribution in [2.45, 2.75) is 43.5 Å². The quantitative estimate of drug-likeness (QED) is 0.373. The van der Waals surface area contributed by atoms with Crippen molar-refractivity contribution in [2.24, 2.45) is 0 Å². The molecule has 29 heavy (non-hydrogen) atoms. The zero-order valence-corrected chi connectivity index (χ0v) is 15.8. The molecule has 1 aromatic heterocycles. The molecule has 1 fully saturated rings. The molecule has 6 atom stereocenters. The van der Waals surface area contributed by atoms with E-state index in [0.717, 1.165) is 27.7 Å². The molecule has 1 aliphatic rings. The third-order valence-electron chi connectivity index (χ3n) is 5.58. The molecular weight excluding hydrogens is 376 g/mol. The van der Waals surface area contributed by atoms with Crippen LogP contribution in [0.15, 0.2) is 42.7 Å². The zero-order valence-electron chi connectivity index (χ0n) is 15.8. The van der Waals surface area contributed by atoms with Gasteiger partial charge in [-0.15, -0.1) is 0 Å². The number of aliphatic hydroxyl groups is 5. The monoisotopic (exact) mass is 400 g/mol. The molecular formula is C21H24N2O6. The minimum atomic E-state index is -1.53. The molecule has 0 aliphatic carbocycles. The Bertz CT molecular complexity index is 1000. The minimum Gasteiger partial charge on any atom is -0.394 e. The molecule has 4 rings (SSSR count). The predicted octanol–water partition coefficient (Wildman–Crippen LogP) is 0.414. The lowest BCUT2D eigenvalue weighted by molar-refractivity contribution is -0.250. The van der Waals surface area contributed by atoms with Crippen molar-refractivity contribution < 1.29 is 30.3 Å². The zero-order chi connectivity index (χ0) is 20.7. The van der Waals surface area contributed by atoms with E-state index in [-0.39, 0.29) is 0 Å². The van der Waals surface area contributed by atoms with E-state index in [0.29, 0.717) is 5.56 Å². The second-order valence-corrected chi connectivity index (χ2v) is 7.44. The molecule has 0 bridgehead atoms. The van der Waals surface area contributed by atoms with Crippen LogP contribution in [0, 0.1) is 6.92 Å². The summed E-state index contributed by atoms with van der Waals surface area (Å²) < 4.78 is 5.48. The van der Waals surface area contributed by atoms with Crippen molar-refractivity contribution in [3.05, 3.63) is 53.9 Å². The summed E-state index contributed by atoms with van der Waals surface area (Å²) in [5.41, 5.74) is 5.03. The summed E-state index contributed by atoms with van der Waals surface area (Å²) in [7, 11) is 0. The number of nitrogens with one attached hydrogen (secondary N) is 1. The number of ether oxygens (including phenoxy) is 1. The van der Waals surface area contributed by atoms with Crippen molar-refractivity contribution in [3.8, 4) is 11.1 Å². The molecule has 1 aliphatic heterocycles. The lowest BCUT2D eigenvalue weighted by Gasteiger charge is -2.42. The van der Waals surface area contributed by atoms with Gasteiger partial charge in [-0.1, -0.05) is 24.3 Å². The second-order valence-electron chi connectivity index (χ2n) is 7.44. The number of hydrogen-bond acceptors (Lipinski definition) is 7. The Hall–Kier alpha value is -2.33. The first-order valence-corrected chi connectivity index (χ1v) is 9.43. The summed E-state index contributed by atoms with van der Waals surface area (Å²) in [6, 6.07) is 11.4. The van der Waals surface area contributed by atoms with Crippen LogP contribution in [0.2, 0.25) is 0 Å². The number of benzene rings is 2. The molecule has 8 nitrogen and oxygen atoms in total. The molecule has 0 saturated carbocycles. The average molecular weight is 400 g/mol. The standard InChI is InChI=1S/C21H24N2O6/c1-10-6-11(12-3-5-14-15(7-12)23-9-22-14)2-4-13(10)17(25)21-20(28)19(27)18(26)16(8-24)29-21/h2-7,9,16-21,24-28H,8H2,1H3,(H,22,23)/t16?,17-,18-,19?,20?,21-/m1/s1. The second kappa shape index (κ2) is 7.83. The van der Waals surface area contributed by atoms with Crippen LogP contribution in [0.3, 0.4) is 0 Å². The Balaban J connectivity index is 1.61. The van der Waals surface area contributed by atoms with E-state index in [4.69, 9.17) is 4.74 Å². The molecule has 1 saturated heterocycles. The molecule has 2 heterocycles. The van der Waals surface area contributed by atoms with Crippen molar-refractivity contribution >= 4 is 11.0 Å². The fourth-order valence-corrected chi connectivity index (χ4v) is 3.87. The maximum absolute atomic E-state index is 10.8. The third kappa shape index (κ3) is 3.55. The van der Waals surface area contributed by atoms with Crippen molar-refractivity contribution in [2.75, 3.05) is 6.61 Å². The topological polar surface area (TPSA) is 139 Å². The number of aromatic nitrogens is 2. The molecule has 154 valence electrons. The number of H-pyrrole nitrogens is 1. The SMILES string of the molecule is Cc1cc(-c2ccc3nc[nH]c3c2)ccc1[C@@H](O)[C@H]1OC(CO)[C@@H](O)C(O)C1O. The van der Waals surface area contributed by atoms with Gasteiger partial charge in [-0.2, -0.15) is 0 Å². The molecule has 3 unspecified atom stereocenters. The number of fused-ring (bicyclic) bond motifs is 1. The fourth-order valence-electron chi connectivity index (χ4n) is 3.87. The van der Waals surface area contributed by atoms with Crippen molar-refractivity contribution in [1.29, 1.82) is 0 Å². The lowest BCUT2D eigenvalue weighted by atomic mass is 9.88. The summed E-state index contributed by atoms with van der Waals surface area (Å²) in [5.74, 6) is 0. The molecule has 0 amide bonds. The van der Waals surface area contributed by atoms with E-state index in [9.17, 15) is 25.5 Å². The number of aromatic amines is 1. The first-order valence-electron chi connectivity index (χ1n) is 9.43. The summed E-state index contributed by atoms with van der Waals surface area (Å²) in [5, 5.41) is 50.3. The third-order valence-corrected chi connectivity index (χ3v) is 5.58. The minimum absolute atomic E-state index is 0.528. The first-order chi connectivity index (χ1) is 13.9. The van der Waals surface area contributed by atoms with Crippen LogP contribution in [0.1, 0.15) is 17.2 Å². The highest BCUT2D eigenvalue weighted by molar-refractivity contribution is 5.81. The highest BCUT2D eigenvalue weighted by Crippen LogP contribution is 2.33. The average Bonchev–Trinajstić information content (AvgIpc) is 3.19. The summed E-state index contributed by atoms with van der Waals surface area (Å²) in [4.78, 5) is 7.29. The predicted molar refractivity (Wildman–Crippen MR) is 105 cm³/mol. The van der Waals surface area contributed by atoms with Crippen LogP contribution in [0.25, 0.3) is 22.2 Å². The van der Waals surface area contributed by atoms with E-state index in [2.05, 4.69) is 9.97 Å². The normalized spacial score (nSPS) is 28.6. The van der Waals surface area contributed by atoms with Gasteiger partial charge in [0.2, 0.25) is 0 Å². The van der Waals surface area contributed by atoms with Crippen molar-refractivity contribution in [3.63, 3.8) is 0 Å². The molecule has 0 spiro atoms. The van der Waals surface area contributed by atoms with E-state index in [1.807, 2.05) is 37.3 Å². The van der Waals surface area contributed by atoms with Gasteiger partial charge in [0.25, 0.3) is 0 Å². The Morgan fingerprint density at radius 2 is 1.76 bits per heavy atom. The fraction of sp³-hybridized carbons (Fsp3) is 0.381. The van der Waals surface area contributed by atoms with Gasteiger partial charge in [-0.3, -0.25) is 0 Å². The van der Waals surface area contributed by atoms with Crippen LogP contribution < -0.4 is 0 Å². The largest absolute Gasteiger partial charge is 0.394 e. The number of rotatable bonds is 4. The Kier molecular flexibility index (Phi) is 5.39. The Labute approximate surface area is 167 Å². The number of aryl methyl sites for hydroxylation is 1. The van der Waals surface area contributed by atoms with Gasteiger partial charge in [0, 0.05) is 0 Å². The first kappa shape index (κ1) is 20.0. The Morgan fingerprint density at radius 3 is 2.48 bits per heavy atom. The van der Waals surface area contributed by atoms with Gasteiger partial charge in [0.05, 0.1) is 24.0 Å². The number of imidazole rings is 1. The highest BCUT2D eigenvalue weighted by Gasteiger charge is 2.46. The van der Waals surface area contributed by atoms with Gasteiger partial charge in [-0.05, 0) is 41.3 Å². The van der Waals surface area contributed by atoms with Crippen LogP contribution in [-0.4, -0.2) is 72.6 Å². The van der Waals surface area contributed by atoms with Gasteiger partial charge in [0.1, 0.15) is 36.6 Å². The summed E-state index contributed by atoms with van der Waals surface area (Å²) >= 11 is 0. The van der Waals surface area contributed by atoms with E-state index < -0.39 is 43.2 Å². The lowest BCUT2D eigenvalue weighted by Crippen LogP contribution is -2.59. The summed E-state index contributed by atoms with van der Waals surface area (Å²) in [6.45, 7) is 1.29. The van der Waals surface area contributed by atoms with Crippen LogP contribution in [0.5, 0.6) is 0 Å². The smallest absolute Gasteiger partial charge is 0.117 e. The van der Waals surface area contributed by atoms with E-state index in [1.54, 1.807) is 12.4 Å². The highest BCUT2D eigenvalue weighted by atomic mass is 16.6. The number of nitrogens with zero attached hydrogens (tertiary/aromatic N) is 1. The maximum Gasteiger partial charge on any atom is 0.117 e. The van der Waals surface area contributed by atoms with E-state index >= 15 is 0 Å². The molecule has 6 N–H and O–H groups in total. The van der Waals surface area contributed by atoms with Crippen molar-refractivity contribution in [1.82, 2.24) is 9.97 Å². The number of hydrogen-bond donors (Lipinski definition) is 6. The molecule has 3 aromatic rings. The van der Waals surface area contributed by atoms with Gasteiger partial charge < -0.3 is 35.3 Å². The van der Waals surface area contributed by atoms with Gasteiger partial charge in [0.15, 0.2) is 0 Å². The van der Waals surface area contributed by atoms with Gasteiger partial charge in [-0.25, -0.2) is 4.98 Å². The maximum atomic E-state index is 10.8. The number of aliphatic hydroxyl groups excluding tert-OH is 5. The molecule has 0 radical (unpaired) electrons. The van der Waals surface area contributed by atoms with Crippen LogP contribution >= 0.6 is 0 Å². The van der Waals surface area contributed by atoms with Gasteiger partial charge >= 0.3 is 0 Å². The van der Waals surface area contributed by atoms with Crippen LogP contribution in [0.4, 0.5) is 0 Å². The Morgan fingerprint density at radius 1 is 1.03 bits per heavy atom.